The lowest BCUT2D eigenvalue weighted by atomic mass is 9.90. The molecule has 0 aromatic carbocycles. The molecule has 0 fully saturated rings. The molecule has 4 nitrogen and oxygen atoms in total. The molecule has 0 saturated carbocycles. The molecule has 0 atom stereocenters. The molecule has 4 heteroatoms. The van der Waals surface area contributed by atoms with E-state index in [1.54, 1.807) is 0 Å². The van der Waals surface area contributed by atoms with Gasteiger partial charge in [-0.25, -0.2) is 4.98 Å². The summed E-state index contributed by atoms with van der Waals surface area (Å²) >= 11 is 0. The zero-order chi connectivity index (χ0) is 12.6. The van der Waals surface area contributed by atoms with E-state index < -0.39 is 0 Å². The van der Waals surface area contributed by atoms with Crippen LogP contribution in [0, 0.1) is 0 Å². The number of fused-ring (bicyclic) bond motifs is 1. The highest BCUT2D eigenvalue weighted by Gasteiger charge is 2.24. The molecule has 17 heavy (non-hydrogen) atoms. The van der Waals surface area contributed by atoms with Crippen molar-refractivity contribution in [2.24, 2.45) is 7.05 Å². The van der Waals surface area contributed by atoms with Gasteiger partial charge >= 0.3 is 0 Å². The van der Waals surface area contributed by atoms with Gasteiger partial charge in [-0.05, 0) is 13.0 Å². The quantitative estimate of drug-likeness (QED) is 0.865. The number of nitrogens with one attached hydrogen (secondary N) is 1. The monoisotopic (exact) mass is 232 g/mol. The predicted octanol–water partition coefficient (Wildman–Crippen LogP) is 2.70. The molecule has 92 valence electrons. The maximum absolute atomic E-state index is 4.62. The van der Waals surface area contributed by atoms with Crippen molar-refractivity contribution in [2.45, 2.75) is 33.1 Å². The summed E-state index contributed by atoms with van der Waals surface area (Å²) in [7, 11) is 1.94. The highest BCUT2D eigenvalue weighted by molar-refractivity contribution is 5.92. The van der Waals surface area contributed by atoms with Gasteiger partial charge in [0.1, 0.15) is 0 Å². The van der Waals surface area contributed by atoms with Crippen molar-refractivity contribution in [1.82, 2.24) is 14.8 Å². The minimum Gasteiger partial charge on any atom is -0.385 e. The third kappa shape index (κ3) is 1.99. The van der Waals surface area contributed by atoms with Crippen LogP contribution in [0.25, 0.3) is 11.0 Å². The molecule has 0 aliphatic heterocycles. The number of aryl methyl sites for hydroxylation is 1. The van der Waals surface area contributed by atoms with Crippen molar-refractivity contribution in [3.63, 3.8) is 0 Å². The van der Waals surface area contributed by atoms with Crippen LogP contribution >= 0.6 is 0 Å². The fraction of sp³-hybridized carbons (Fsp3) is 0.538. The van der Waals surface area contributed by atoms with Gasteiger partial charge in [0.25, 0.3) is 0 Å². The SMILES string of the molecule is CCNc1ccnc2c1c(C(C)(C)C)nn2C. The van der Waals surface area contributed by atoms with E-state index >= 15 is 0 Å². The summed E-state index contributed by atoms with van der Waals surface area (Å²) in [6.07, 6.45) is 1.83. The van der Waals surface area contributed by atoms with Crippen molar-refractivity contribution in [2.75, 3.05) is 11.9 Å². The van der Waals surface area contributed by atoms with E-state index in [0.29, 0.717) is 0 Å². The summed E-state index contributed by atoms with van der Waals surface area (Å²) in [5.74, 6) is 0. The third-order valence-electron chi connectivity index (χ3n) is 2.80. The van der Waals surface area contributed by atoms with E-state index in [-0.39, 0.29) is 5.41 Å². The van der Waals surface area contributed by atoms with Gasteiger partial charge in [0, 0.05) is 30.9 Å². The fourth-order valence-electron chi connectivity index (χ4n) is 2.04. The summed E-state index contributed by atoms with van der Waals surface area (Å²) in [4.78, 5) is 4.42. The van der Waals surface area contributed by atoms with Gasteiger partial charge in [-0.3, -0.25) is 4.68 Å². The summed E-state index contributed by atoms with van der Waals surface area (Å²) in [5.41, 5.74) is 3.18. The minimum absolute atomic E-state index is 0.0206. The topological polar surface area (TPSA) is 42.7 Å². The molecule has 0 amide bonds. The molecule has 0 bridgehead atoms. The molecule has 2 rings (SSSR count). The Morgan fingerprint density at radius 2 is 2.06 bits per heavy atom. The number of hydrogen-bond acceptors (Lipinski definition) is 3. The predicted molar refractivity (Wildman–Crippen MR) is 71.4 cm³/mol. The molecule has 0 saturated heterocycles. The maximum atomic E-state index is 4.62. The second kappa shape index (κ2) is 4.02. The minimum atomic E-state index is 0.0206. The fourth-order valence-corrected chi connectivity index (χ4v) is 2.04. The molecule has 2 aromatic heterocycles. The number of hydrogen-bond donors (Lipinski definition) is 1. The van der Waals surface area contributed by atoms with Gasteiger partial charge in [-0.15, -0.1) is 0 Å². The van der Waals surface area contributed by atoms with E-state index in [9.17, 15) is 0 Å². The molecular weight excluding hydrogens is 212 g/mol. The zero-order valence-corrected chi connectivity index (χ0v) is 11.2. The lowest BCUT2D eigenvalue weighted by Crippen LogP contribution is -2.13. The Kier molecular flexibility index (Phi) is 2.81. The Labute approximate surface area is 102 Å². The zero-order valence-electron chi connectivity index (χ0n) is 11.2. The lowest BCUT2D eigenvalue weighted by molar-refractivity contribution is 0.558. The van der Waals surface area contributed by atoms with E-state index in [0.717, 1.165) is 29.0 Å². The van der Waals surface area contributed by atoms with Crippen LogP contribution in [0.3, 0.4) is 0 Å². The van der Waals surface area contributed by atoms with E-state index in [1.807, 2.05) is 24.0 Å². The van der Waals surface area contributed by atoms with Crippen LogP contribution in [0.1, 0.15) is 33.4 Å². The van der Waals surface area contributed by atoms with Gasteiger partial charge in [-0.2, -0.15) is 5.10 Å². The van der Waals surface area contributed by atoms with Crippen LogP contribution in [0.15, 0.2) is 12.3 Å². The van der Waals surface area contributed by atoms with E-state index in [2.05, 4.69) is 43.1 Å². The first-order valence-electron chi connectivity index (χ1n) is 6.01. The molecule has 0 radical (unpaired) electrons. The van der Waals surface area contributed by atoms with Crippen LogP contribution in [0.2, 0.25) is 0 Å². The largest absolute Gasteiger partial charge is 0.385 e. The second-order valence-corrected chi connectivity index (χ2v) is 5.31. The molecule has 2 aromatic rings. The first kappa shape index (κ1) is 11.9. The third-order valence-corrected chi connectivity index (χ3v) is 2.80. The molecule has 0 aliphatic carbocycles. The smallest absolute Gasteiger partial charge is 0.159 e. The summed E-state index contributed by atoms with van der Waals surface area (Å²) < 4.78 is 1.86. The Morgan fingerprint density at radius 1 is 1.35 bits per heavy atom. The van der Waals surface area contributed by atoms with Crippen LogP contribution < -0.4 is 5.32 Å². The number of anilines is 1. The first-order valence-corrected chi connectivity index (χ1v) is 6.01. The molecule has 0 unspecified atom stereocenters. The number of pyridine rings is 1. The molecular formula is C13H20N4. The lowest BCUT2D eigenvalue weighted by Gasteiger charge is -2.16. The van der Waals surface area contributed by atoms with Crippen LogP contribution in [0.5, 0.6) is 0 Å². The summed E-state index contributed by atoms with van der Waals surface area (Å²) in [5, 5.41) is 9.14. The standard InChI is InChI=1S/C13H20N4/c1-6-14-9-7-8-15-12-10(9)11(13(2,3)4)16-17(12)5/h7-8H,6H2,1-5H3,(H,14,15). The second-order valence-electron chi connectivity index (χ2n) is 5.31. The van der Waals surface area contributed by atoms with E-state index in [1.165, 1.54) is 0 Å². The first-order chi connectivity index (χ1) is 7.95. The summed E-state index contributed by atoms with van der Waals surface area (Å²) in [6.45, 7) is 9.53. The molecule has 0 aliphatic rings. The molecule has 1 N–H and O–H groups in total. The Balaban J connectivity index is 2.77. The number of nitrogens with zero attached hydrogens (tertiary/aromatic N) is 3. The van der Waals surface area contributed by atoms with Crippen molar-refractivity contribution >= 4 is 16.7 Å². The van der Waals surface area contributed by atoms with Crippen molar-refractivity contribution < 1.29 is 0 Å². The van der Waals surface area contributed by atoms with Gasteiger partial charge < -0.3 is 5.32 Å². The van der Waals surface area contributed by atoms with E-state index in [4.69, 9.17) is 0 Å². The van der Waals surface area contributed by atoms with Gasteiger partial charge in [0.2, 0.25) is 0 Å². The van der Waals surface area contributed by atoms with Gasteiger partial charge in [-0.1, -0.05) is 20.8 Å². The average molecular weight is 232 g/mol. The number of rotatable bonds is 2. The normalized spacial score (nSPS) is 12.1. The van der Waals surface area contributed by atoms with Gasteiger partial charge in [0.15, 0.2) is 5.65 Å². The number of aromatic nitrogens is 3. The Bertz CT molecular complexity index is 534. The average Bonchev–Trinajstić information content (AvgIpc) is 2.58. The molecule has 0 spiro atoms. The van der Waals surface area contributed by atoms with Crippen LogP contribution in [-0.4, -0.2) is 21.3 Å². The highest BCUT2D eigenvalue weighted by Crippen LogP contribution is 2.32. The van der Waals surface area contributed by atoms with Crippen LogP contribution in [0.4, 0.5) is 5.69 Å². The maximum Gasteiger partial charge on any atom is 0.159 e. The molecule has 2 heterocycles. The van der Waals surface area contributed by atoms with Crippen molar-refractivity contribution in [3.8, 4) is 0 Å². The van der Waals surface area contributed by atoms with Crippen molar-refractivity contribution in [1.29, 1.82) is 0 Å². The van der Waals surface area contributed by atoms with Crippen LogP contribution in [-0.2, 0) is 12.5 Å². The highest BCUT2D eigenvalue weighted by atomic mass is 15.3. The summed E-state index contributed by atoms with van der Waals surface area (Å²) in [6, 6.07) is 2.02. The Morgan fingerprint density at radius 3 is 2.65 bits per heavy atom. The Hall–Kier alpha value is -1.58. The van der Waals surface area contributed by atoms with Crippen molar-refractivity contribution in [3.05, 3.63) is 18.0 Å². The van der Waals surface area contributed by atoms with Gasteiger partial charge in [0.05, 0.1) is 11.1 Å².